The summed E-state index contributed by atoms with van der Waals surface area (Å²) < 4.78 is 6.43. The summed E-state index contributed by atoms with van der Waals surface area (Å²) in [6, 6.07) is 25.1. The van der Waals surface area contributed by atoms with Crippen molar-refractivity contribution >= 4 is 51.9 Å². The first-order valence-corrected chi connectivity index (χ1v) is 8.99. The molecule has 5 heteroatoms. The lowest BCUT2D eigenvalue weighted by Crippen LogP contribution is -2.48. The summed E-state index contributed by atoms with van der Waals surface area (Å²) in [6.07, 6.45) is 1.76. The molecule has 0 bridgehead atoms. The van der Waals surface area contributed by atoms with Gasteiger partial charge in [0.1, 0.15) is 11.3 Å². The first-order chi connectivity index (χ1) is 12.7. The fraction of sp³-hybridized carbons (Fsp3) is 0. The molecule has 3 aromatic carbocycles. The Balaban J connectivity index is 1.86. The molecule has 0 radical (unpaired) electrons. The topological polar surface area (TPSA) is 22.1 Å². The number of nitrogens with zero attached hydrogens (tertiary/aromatic N) is 1. The minimum Gasteiger partial charge on any atom is -0.550 e. The number of pyridine rings is 1. The summed E-state index contributed by atoms with van der Waals surface area (Å²) in [6.45, 7) is -0.440. The number of hydrogen-bond acceptors (Lipinski definition) is 2. The molecule has 0 fully saturated rings. The molecular formula is C21H14BCl2NO. The van der Waals surface area contributed by atoms with Crippen molar-refractivity contribution in [3.63, 3.8) is 0 Å². The second-order valence-electron chi connectivity index (χ2n) is 5.87. The molecule has 1 aromatic heterocycles. The van der Waals surface area contributed by atoms with Crippen LogP contribution in [0.1, 0.15) is 0 Å². The fourth-order valence-electron chi connectivity index (χ4n) is 2.97. The van der Waals surface area contributed by atoms with Gasteiger partial charge in [-0.1, -0.05) is 77.8 Å². The van der Waals surface area contributed by atoms with E-state index in [-0.39, 0.29) is 0 Å². The van der Waals surface area contributed by atoms with Crippen LogP contribution in [0.3, 0.4) is 0 Å². The van der Waals surface area contributed by atoms with Gasteiger partial charge in [0, 0.05) is 21.6 Å². The maximum Gasteiger partial charge on any atom is 0.429 e. The highest BCUT2D eigenvalue weighted by atomic mass is 35.5. The molecule has 1 heterocycles. The number of hydrogen-bond donors (Lipinski definition) is 0. The third-order valence-corrected chi connectivity index (χ3v) is 4.90. The molecule has 4 aromatic rings. The number of aromatic nitrogens is 1. The Hall–Kier alpha value is -2.49. The van der Waals surface area contributed by atoms with Gasteiger partial charge < -0.3 is 4.65 Å². The molecule has 0 unspecified atom stereocenters. The molecule has 0 spiro atoms. The van der Waals surface area contributed by atoms with E-state index in [1.54, 1.807) is 6.20 Å². The predicted octanol–water partition coefficient (Wildman–Crippen LogP) is 4.73. The minimum absolute atomic E-state index is 0.440. The van der Waals surface area contributed by atoms with Gasteiger partial charge in [-0.25, -0.2) is 0 Å². The highest BCUT2D eigenvalue weighted by molar-refractivity contribution is 6.84. The highest BCUT2D eigenvalue weighted by Crippen LogP contribution is 2.24. The standard InChI is InChI=1S/C21H14BCl2NO/c23-18-11-3-1-9-16(18)22(17-10-2-4-12-19(17)24)26-20-13-5-7-15-8-6-14-25-21(15)20/h1-14H. The van der Waals surface area contributed by atoms with Crippen LogP contribution < -0.4 is 15.6 Å². The lowest BCUT2D eigenvalue weighted by molar-refractivity contribution is 0.597. The van der Waals surface area contributed by atoms with Crippen molar-refractivity contribution in [2.24, 2.45) is 0 Å². The second-order valence-corrected chi connectivity index (χ2v) is 6.69. The predicted molar refractivity (Wildman–Crippen MR) is 110 cm³/mol. The van der Waals surface area contributed by atoms with Crippen LogP contribution in [0.4, 0.5) is 0 Å². The van der Waals surface area contributed by atoms with Crippen LogP contribution in [0.15, 0.2) is 85.1 Å². The molecule has 0 atom stereocenters. The van der Waals surface area contributed by atoms with E-state index in [0.29, 0.717) is 15.8 Å². The minimum atomic E-state index is -0.440. The summed E-state index contributed by atoms with van der Waals surface area (Å²) in [7, 11) is 0. The normalized spacial score (nSPS) is 10.7. The van der Waals surface area contributed by atoms with Gasteiger partial charge >= 0.3 is 6.92 Å². The first kappa shape index (κ1) is 17.0. The van der Waals surface area contributed by atoms with E-state index in [4.69, 9.17) is 27.9 Å². The van der Waals surface area contributed by atoms with E-state index in [1.807, 2.05) is 78.9 Å². The zero-order valence-electron chi connectivity index (χ0n) is 13.8. The summed E-state index contributed by atoms with van der Waals surface area (Å²) in [5.41, 5.74) is 2.52. The van der Waals surface area contributed by atoms with Crippen LogP contribution in [-0.4, -0.2) is 11.9 Å². The van der Waals surface area contributed by atoms with E-state index < -0.39 is 6.92 Å². The van der Waals surface area contributed by atoms with Crippen LogP contribution in [-0.2, 0) is 0 Å². The molecule has 0 aliphatic rings. The van der Waals surface area contributed by atoms with Crippen molar-refractivity contribution in [3.05, 3.63) is 95.1 Å². The van der Waals surface area contributed by atoms with Gasteiger partial charge in [-0.2, -0.15) is 0 Å². The molecule has 0 aliphatic heterocycles. The van der Waals surface area contributed by atoms with Gasteiger partial charge in [0.25, 0.3) is 0 Å². The molecule has 26 heavy (non-hydrogen) atoms. The molecule has 0 amide bonds. The van der Waals surface area contributed by atoms with Crippen LogP contribution >= 0.6 is 23.2 Å². The van der Waals surface area contributed by atoms with E-state index in [9.17, 15) is 0 Å². The zero-order valence-corrected chi connectivity index (χ0v) is 15.3. The first-order valence-electron chi connectivity index (χ1n) is 8.23. The number of para-hydroxylation sites is 1. The smallest absolute Gasteiger partial charge is 0.429 e. The largest absolute Gasteiger partial charge is 0.550 e. The van der Waals surface area contributed by atoms with Crippen molar-refractivity contribution < 1.29 is 4.65 Å². The molecule has 0 saturated heterocycles. The van der Waals surface area contributed by atoms with Gasteiger partial charge in [0.2, 0.25) is 0 Å². The number of halogens is 2. The quantitative estimate of drug-likeness (QED) is 0.480. The number of benzene rings is 3. The molecule has 2 nitrogen and oxygen atoms in total. The molecule has 0 saturated carbocycles. The van der Waals surface area contributed by atoms with Gasteiger partial charge in [-0.05, 0) is 35.2 Å². The zero-order chi connectivity index (χ0) is 17.9. The van der Waals surface area contributed by atoms with E-state index >= 15 is 0 Å². The Bertz CT molecular complexity index is 1020. The number of rotatable bonds is 4. The Labute approximate surface area is 162 Å². The second kappa shape index (κ2) is 7.41. The molecule has 0 N–H and O–H groups in total. The SMILES string of the molecule is Clc1ccccc1B(Oc1cccc2cccnc12)c1ccccc1Cl. The summed E-state index contributed by atoms with van der Waals surface area (Å²) in [4.78, 5) is 4.48. The van der Waals surface area contributed by atoms with Gasteiger partial charge in [-0.15, -0.1) is 0 Å². The average Bonchev–Trinajstić information content (AvgIpc) is 2.68. The molecular weight excluding hydrogens is 364 g/mol. The highest BCUT2D eigenvalue weighted by Gasteiger charge is 2.28. The van der Waals surface area contributed by atoms with E-state index in [1.165, 1.54) is 0 Å². The Morgan fingerprint density at radius 3 is 1.96 bits per heavy atom. The van der Waals surface area contributed by atoms with E-state index in [2.05, 4.69) is 4.98 Å². The van der Waals surface area contributed by atoms with Gasteiger partial charge in [0.15, 0.2) is 0 Å². The lowest BCUT2D eigenvalue weighted by atomic mass is 9.55. The van der Waals surface area contributed by atoms with Crippen LogP contribution in [0.25, 0.3) is 10.9 Å². The van der Waals surface area contributed by atoms with Crippen LogP contribution in [0, 0.1) is 0 Å². The van der Waals surface area contributed by atoms with Crippen LogP contribution in [0.5, 0.6) is 5.75 Å². The molecule has 126 valence electrons. The van der Waals surface area contributed by atoms with Crippen LogP contribution in [0.2, 0.25) is 10.0 Å². The van der Waals surface area contributed by atoms with Crippen molar-refractivity contribution in [1.29, 1.82) is 0 Å². The lowest BCUT2D eigenvalue weighted by Gasteiger charge is -2.19. The molecule has 0 aliphatic carbocycles. The monoisotopic (exact) mass is 377 g/mol. The number of fused-ring (bicyclic) bond motifs is 1. The van der Waals surface area contributed by atoms with Crippen molar-refractivity contribution in [2.45, 2.75) is 0 Å². The summed E-state index contributed by atoms with van der Waals surface area (Å²) in [5.74, 6) is 0.688. The Morgan fingerprint density at radius 2 is 1.31 bits per heavy atom. The van der Waals surface area contributed by atoms with Gasteiger partial charge in [-0.3, -0.25) is 4.98 Å². The average molecular weight is 378 g/mol. The van der Waals surface area contributed by atoms with Gasteiger partial charge in [0.05, 0.1) is 0 Å². The van der Waals surface area contributed by atoms with Crippen molar-refractivity contribution in [2.75, 3.05) is 0 Å². The van der Waals surface area contributed by atoms with Crippen molar-refractivity contribution in [3.8, 4) is 5.75 Å². The fourth-order valence-corrected chi connectivity index (χ4v) is 3.44. The Kier molecular flexibility index (Phi) is 4.83. The Morgan fingerprint density at radius 1 is 0.692 bits per heavy atom. The summed E-state index contributed by atoms with van der Waals surface area (Å²) in [5, 5.41) is 2.28. The molecule has 4 rings (SSSR count). The summed E-state index contributed by atoms with van der Waals surface area (Å²) >= 11 is 12.9. The van der Waals surface area contributed by atoms with E-state index in [0.717, 1.165) is 21.8 Å². The maximum atomic E-state index is 6.47. The third kappa shape index (κ3) is 3.28. The maximum absolute atomic E-state index is 6.47. The van der Waals surface area contributed by atoms with Crippen molar-refractivity contribution in [1.82, 2.24) is 4.98 Å². The third-order valence-electron chi connectivity index (χ3n) is 4.22.